The lowest BCUT2D eigenvalue weighted by Gasteiger charge is -2.21. The van der Waals surface area contributed by atoms with Gasteiger partial charge in [0.15, 0.2) is 0 Å². The standard InChI is InChI=1S/C26H26N2O/c1-4-29-25(22-16-19(2)15-20(3)17-22)24-18-27-26(21-11-7-5-8-12-21)28(24)23-13-9-6-10-14-23/h5-18,25H,4H2,1-3H3. The fourth-order valence-corrected chi connectivity index (χ4v) is 3.87. The van der Waals surface area contributed by atoms with Crippen molar-refractivity contribution in [1.29, 1.82) is 0 Å². The smallest absolute Gasteiger partial charge is 0.144 e. The predicted octanol–water partition coefficient (Wildman–Crippen LogP) is 6.28. The van der Waals surface area contributed by atoms with E-state index in [-0.39, 0.29) is 6.10 Å². The van der Waals surface area contributed by atoms with E-state index in [9.17, 15) is 0 Å². The molecule has 0 aliphatic heterocycles. The van der Waals surface area contributed by atoms with Gasteiger partial charge in [0.1, 0.15) is 11.9 Å². The number of rotatable bonds is 6. The first-order valence-electron chi connectivity index (χ1n) is 10.1. The van der Waals surface area contributed by atoms with Crippen molar-refractivity contribution in [3.63, 3.8) is 0 Å². The van der Waals surface area contributed by atoms with Crippen LogP contribution >= 0.6 is 0 Å². The predicted molar refractivity (Wildman–Crippen MR) is 118 cm³/mol. The van der Waals surface area contributed by atoms with Crippen molar-refractivity contribution in [3.8, 4) is 17.1 Å². The van der Waals surface area contributed by atoms with Gasteiger partial charge in [-0.05, 0) is 38.5 Å². The zero-order valence-electron chi connectivity index (χ0n) is 17.2. The summed E-state index contributed by atoms with van der Waals surface area (Å²) in [6, 6.07) is 27.3. The normalized spacial score (nSPS) is 12.1. The summed E-state index contributed by atoms with van der Waals surface area (Å²) >= 11 is 0. The molecular weight excluding hydrogens is 356 g/mol. The number of hydrogen-bond donors (Lipinski definition) is 0. The molecule has 0 N–H and O–H groups in total. The minimum absolute atomic E-state index is 0.191. The number of aryl methyl sites for hydroxylation is 2. The summed E-state index contributed by atoms with van der Waals surface area (Å²) in [6.07, 6.45) is 1.76. The molecule has 0 radical (unpaired) electrons. The molecule has 4 aromatic rings. The molecule has 0 aliphatic rings. The molecule has 1 heterocycles. The van der Waals surface area contributed by atoms with Crippen LogP contribution < -0.4 is 0 Å². The Morgan fingerprint density at radius 1 is 0.862 bits per heavy atom. The van der Waals surface area contributed by atoms with E-state index in [0.717, 1.165) is 28.3 Å². The monoisotopic (exact) mass is 382 g/mol. The van der Waals surface area contributed by atoms with Crippen LogP contribution in [0.25, 0.3) is 17.1 Å². The molecule has 146 valence electrons. The summed E-state index contributed by atoms with van der Waals surface area (Å²) in [5, 5.41) is 0. The molecule has 3 nitrogen and oxygen atoms in total. The number of ether oxygens (including phenoxy) is 1. The van der Waals surface area contributed by atoms with E-state index in [0.29, 0.717) is 6.61 Å². The quantitative estimate of drug-likeness (QED) is 0.392. The van der Waals surface area contributed by atoms with Crippen LogP contribution in [0.5, 0.6) is 0 Å². The molecule has 3 heteroatoms. The first kappa shape index (κ1) is 19.2. The van der Waals surface area contributed by atoms with Crippen LogP contribution in [0, 0.1) is 13.8 Å². The third kappa shape index (κ3) is 4.01. The third-order valence-electron chi connectivity index (χ3n) is 4.98. The number of nitrogens with zero attached hydrogens (tertiary/aromatic N) is 2. The molecule has 0 saturated carbocycles. The van der Waals surface area contributed by atoms with Crippen LogP contribution in [-0.4, -0.2) is 16.2 Å². The SMILES string of the molecule is CCOC(c1cc(C)cc(C)c1)c1cnc(-c2ccccc2)n1-c1ccccc1. The highest BCUT2D eigenvalue weighted by atomic mass is 16.5. The largest absolute Gasteiger partial charge is 0.367 e. The average Bonchev–Trinajstić information content (AvgIpc) is 3.17. The Hall–Kier alpha value is -3.17. The van der Waals surface area contributed by atoms with E-state index >= 15 is 0 Å². The van der Waals surface area contributed by atoms with Gasteiger partial charge in [-0.15, -0.1) is 0 Å². The zero-order chi connectivity index (χ0) is 20.2. The molecule has 0 aliphatic carbocycles. The third-order valence-corrected chi connectivity index (χ3v) is 4.98. The molecule has 1 unspecified atom stereocenters. The van der Waals surface area contributed by atoms with Crippen molar-refractivity contribution in [2.24, 2.45) is 0 Å². The Labute approximate surface area is 172 Å². The van der Waals surface area contributed by atoms with Gasteiger partial charge in [-0.1, -0.05) is 77.9 Å². The van der Waals surface area contributed by atoms with E-state index < -0.39 is 0 Å². The second-order valence-corrected chi connectivity index (χ2v) is 7.30. The van der Waals surface area contributed by atoms with Gasteiger partial charge in [-0.25, -0.2) is 4.98 Å². The molecule has 1 aromatic heterocycles. The summed E-state index contributed by atoms with van der Waals surface area (Å²) < 4.78 is 8.49. The molecule has 0 spiro atoms. The maximum atomic E-state index is 6.27. The van der Waals surface area contributed by atoms with Gasteiger partial charge >= 0.3 is 0 Å². The van der Waals surface area contributed by atoms with Gasteiger partial charge in [0.2, 0.25) is 0 Å². The Morgan fingerprint density at radius 2 is 1.48 bits per heavy atom. The maximum Gasteiger partial charge on any atom is 0.144 e. The van der Waals surface area contributed by atoms with Crippen molar-refractivity contribution < 1.29 is 4.74 Å². The highest BCUT2D eigenvalue weighted by molar-refractivity contribution is 5.60. The van der Waals surface area contributed by atoms with E-state index in [4.69, 9.17) is 9.72 Å². The van der Waals surface area contributed by atoms with Gasteiger partial charge in [0.25, 0.3) is 0 Å². The van der Waals surface area contributed by atoms with Crippen LogP contribution in [-0.2, 0) is 4.74 Å². The first-order chi connectivity index (χ1) is 14.2. The second kappa shape index (κ2) is 8.46. The first-order valence-corrected chi connectivity index (χ1v) is 10.1. The molecular formula is C26H26N2O. The average molecular weight is 383 g/mol. The van der Waals surface area contributed by atoms with Crippen LogP contribution in [0.3, 0.4) is 0 Å². The Kier molecular flexibility index (Phi) is 5.59. The minimum Gasteiger partial charge on any atom is -0.367 e. The lowest BCUT2D eigenvalue weighted by atomic mass is 10.0. The topological polar surface area (TPSA) is 27.1 Å². The Bertz CT molecular complexity index is 1060. The van der Waals surface area contributed by atoms with E-state index in [1.165, 1.54) is 11.1 Å². The van der Waals surface area contributed by atoms with Crippen LogP contribution in [0.4, 0.5) is 0 Å². The zero-order valence-corrected chi connectivity index (χ0v) is 17.2. The molecule has 0 bridgehead atoms. The fraction of sp³-hybridized carbons (Fsp3) is 0.192. The summed E-state index contributed by atoms with van der Waals surface area (Å²) in [5.74, 6) is 0.917. The highest BCUT2D eigenvalue weighted by Crippen LogP contribution is 2.33. The number of para-hydroxylation sites is 1. The summed E-state index contributed by atoms with van der Waals surface area (Å²) in [6.45, 7) is 6.92. The summed E-state index contributed by atoms with van der Waals surface area (Å²) in [5.41, 5.74) is 6.81. The summed E-state index contributed by atoms with van der Waals surface area (Å²) in [4.78, 5) is 4.82. The minimum atomic E-state index is -0.191. The van der Waals surface area contributed by atoms with Crippen molar-refractivity contribution in [2.45, 2.75) is 26.9 Å². The molecule has 29 heavy (non-hydrogen) atoms. The molecule has 0 amide bonds. The second-order valence-electron chi connectivity index (χ2n) is 7.30. The van der Waals surface area contributed by atoms with Gasteiger partial charge in [-0.2, -0.15) is 0 Å². The van der Waals surface area contributed by atoms with Gasteiger partial charge in [-0.3, -0.25) is 4.57 Å². The lowest BCUT2D eigenvalue weighted by Crippen LogP contribution is -2.12. The fourth-order valence-electron chi connectivity index (χ4n) is 3.87. The van der Waals surface area contributed by atoms with Crippen LogP contribution in [0.1, 0.15) is 35.4 Å². The van der Waals surface area contributed by atoms with Crippen LogP contribution in [0.2, 0.25) is 0 Å². The number of benzene rings is 3. The maximum absolute atomic E-state index is 6.27. The van der Waals surface area contributed by atoms with Crippen molar-refractivity contribution >= 4 is 0 Å². The number of aromatic nitrogens is 2. The number of imidazole rings is 1. The summed E-state index contributed by atoms with van der Waals surface area (Å²) in [7, 11) is 0. The van der Waals surface area contributed by atoms with Crippen LogP contribution in [0.15, 0.2) is 85.1 Å². The van der Waals surface area contributed by atoms with Crippen molar-refractivity contribution in [3.05, 3.63) is 107 Å². The van der Waals surface area contributed by atoms with Gasteiger partial charge < -0.3 is 4.74 Å². The lowest BCUT2D eigenvalue weighted by molar-refractivity contribution is 0.0872. The molecule has 1 atom stereocenters. The van der Waals surface area contributed by atoms with E-state index in [2.05, 4.69) is 73.0 Å². The molecule has 3 aromatic carbocycles. The van der Waals surface area contributed by atoms with E-state index in [1.807, 2.05) is 37.4 Å². The number of hydrogen-bond acceptors (Lipinski definition) is 2. The molecule has 0 fully saturated rings. The highest BCUT2D eigenvalue weighted by Gasteiger charge is 2.23. The van der Waals surface area contributed by atoms with Crippen molar-refractivity contribution in [2.75, 3.05) is 6.61 Å². The van der Waals surface area contributed by atoms with Gasteiger partial charge in [0, 0.05) is 17.9 Å². The Balaban J connectivity index is 1.93. The molecule has 0 saturated heterocycles. The van der Waals surface area contributed by atoms with Gasteiger partial charge in [0.05, 0.1) is 11.9 Å². The Morgan fingerprint density at radius 3 is 2.10 bits per heavy atom. The van der Waals surface area contributed by atoms with Crippen molar-refractivity contribution in [1.82, 2.24) is 9.55 Å². The molecule has 4 rings (SSSR count). The van der Waals surface area contributed by atoms with E-state index in [1.54, 1.807) is 0 Å².